The molecule has 0 unspecified atom stereocenters. The van der Waals surface area contributed by atoms with Crippen LogP contribution in [-0.4, -0.2) is 12.1 Å². The lowest BCUT2D eigenvalue weighted by atomic mass is 10.0. The standard InChI is InChI=1S/C20H15NO2S/c1-23-15-9-7-13(8-10-15)17-18-20(16(22)11-12-21-18)24-19(17)14-5-3-2-4-6-14/h2-12H,1H3,(H,21,22). The number of methoxy groups -OCH3 is 1. The molecule has 4 heteroatoms. The number of hydrogen-bond acceptors (Lipinski definition) is 3. The molecule has 0 saturated heterocycles. The molecule has 0 radical (unpaired) electrons. The molecule has 2 heterocycles. The first-order valence-electron chi connectivity index (χ1n) is 7.62. The molecule has 1 N–H and O–H groups in total. The predicted molar refractivity (Wildman–Crippen MR) is 99.9 cm³/mol. The van der Waals surface area contributed by atoms with Crippen molar-refractivity contribution in [3.63, 3.8) is 0 Å². The Bertz CT molecular complexity index is 1050. The molecule has 0 aliphatic heterocycles. The van der Waals surface area contributed by atoms with Gasteiger partial charge in [-0.1, -0.05) is 42.5 Å². The fourth-order valence-corrected chi connectivity index (χ4v) is 4.06. The van der Waals surface area contributed by atoms with Gasteiger partial charge < -0.3 is 9.72 Å². The number of H-pyrrole nitrogens is 1. The van der Waals surface area contributed by atoms with Crippen LogP contribution in [0, 0.1) is 0 Å². The maximum atomic E-state index is 12.3. The summed E-state index contributed by atoms with van der Waals surface area (Å²) in [5.41, 5.74) is 4.16. The Balaban J connectivity index is 2.04. The van der Waals surface area contributed by atoms with E-state index in [9.17, 15) is 4.79 Å². The van der Waals surface area contributed by atoms with Gasteiger partial charge in [0.2, 0.25) is 0 Å². The summed E-state index contributed by atoms with van der Waals surface area (Å²) < 4.78 is 6.00. The SMILES string of the molecule is COc1ccc(-c2c(-c3ccccc3)sc3c(=O)cc[nH]c23)cc1. The number of aromatic amines is 1. The van der Waals surface area contributed by atoms with E-state index in [0.717, 1.165) is 37.5 Å². The van der Waals surface area contributed by atoms with Crippen LogP contribution in [0.4, 0.5) is 0 Å². The van der Waals surface area contributed by atoms with Crippen LogP contribution in [0.3, 0.4) is 0 Å². The molecule has 0 fully saturated rings. The number of pyridine rings is 1. The van der Waals surface area contributed by atoms with E-state index in [2.05, 4.69) is 17.1 Å². The van der Waals surface area contributed by atoms with E-state index < -0.39 is 0 Å². The lowest BCUT2D eigenvalue weighted by Crippen LogP contribution is -1.96. The highest BCUT2D eigenvalue weighted by atomic mass is 32.1. The summed E-state index contributed by atoms with van der Waals surface area (Å²) in [4.78, 5) is 16.6. The molecule has 0 atom stereocenters. The molecular weight excluding hydrogens is 318 g/mol. The minimum atomic E-state index is 0.0469. The summed E-state index contributed by atoms with van der Waals surface area (Å²) in [6.45, 7) is 0. The molecular formula is C20H15NO2S. The van der Waals surface area contributed by atoms with Crippen molar-refractivity contribution in [2.45, 2.75) is 0 Å². The topological polar surface area (TPSA) is 42.1 Å². The van der Waals surface area contributed by atoms with Crippen molar-refractivity contribution in [2.24, 2.45) is 0 Å². The van der Waals surface area contributed by atoms with Gasteiger partial charge >= 0.3 is 0 Å². The van der Waals surface area contributed by atoms with Crippen molar-refractivity contribution >= 4 is 21.6 Å². The third kappa shape index (κ3) is 2.41. The minimum absolute atomic E-state index is 0.0469. The number of nitrogens with one attached hydrogen (secondary N) is 1. The van der Waals surface area contributed by atoms with Gasteiger partial charge in [-0.3, -0.25) is 4.79 Å². The van der Waals surface area contributed by atoms with Gasteiger partial charge in [0.1, 0.15) is 5.75 Å². The van der Waals surface area contributed by atoms with E-state index in [-0.39, 0.29) is 5.43 Å². The Hall–Kier alpha value is -2.85. The van der Waals surface area contributed by atoms with Gasteiger partial charge in [-0.05, 0) is 23.3 Å². The molecule has 2 aromatic carbocycles. The normalized spacial score (nSPS) is 10.9. The Morgan fingerprint density at radius 3 is 2.38 bits per heavy atom. The molecule has 118 valence electrons. The minimum Gasteiger partial charge on any atom is -0.497 e. The van der Waals surface area contributed by atoms with Crippen molar-refractivity contribution in [1.82, 2.24) is 4.98 Å². The zero-order valence-electron chi connectivity index (χ0n) is 13.1. The summed E-state index contributed by atoms with van der Waals surface area (Å²) in [7, 11) is 1.65. The van der Waals surface area contributed by atoms with Crippen molar-refractivity contribution in [3.8, 4) is 27.3 Å². The van der Waals surface area contributed by atoms with Gasteiger partial charge in [0.15, 0.2) is 5.43 Å². The largest absolute Gasteiger partial charge is 0.497 e. The number of hydrogen-bond donors (Lipinski definition) is 1. The second-order valence-corrected chi connectivity index (χ2v) is 6.47. The second-order valence-electron chi connectivity index (χ2n) is 5.45. The van der Waals surface area contributed by atoms with Gasteiger partial charge in [0, 0.05) is 22.7 Å². The highest BCUT2D eigenvalue weighted by Crippen LogP contribution is 2.42. The van der Waals surface area contributed by atoms with E-state index in [1.165, 1.54) is 11.3 Å². The maximum absolute atomic E-state index is 12.3. The van der Waals surface area contributed by atoms with Crippen molar-refractivity contribution in [2.75, 3.05) is 7.11 Å². The third-order valence-corrected chi connectivity index (χ3v) is 5.26. The fraction of sp³-hybridized carbons (Fsp3) is 0.0500. The molecule has 3 nitrogen and oxygen atoms in total. The van der Waals surface area contributed by atoms with Crippen LogP contribution in [-0.2, 0) is 0 Å². The molecule has 0 saturated carbocycles. The number of rotatable bonds is 3. The molecule has 0 spiro atoms. The lowest BCUT2D eigenvalue weighted by Gasteiger charge is -2.07. The van der Waals surface area contributed by atoms with Gasteiger partial charge in [0.05, 0.1) is 17.3 Å². The molecule has 24 heavy (non-hydrogen) atoms. The lowest BCUT2D eigenvalue weighted by molar-refractivity contribution is 0.415. The Labute approximate surface area is 143 Å². The monoisotopic (exact) mass is 333 g/mol. The van der Waals surface area contributed by atoms with Crippen LogP contribution in [0.25, 0.3) is 31.8 Å². The Kier molecular flexibility index (Phi) is 3.67. The van der Waals surface area contributed by atoms with E-state index >= 15 is 0 Å². The van der Waals surface area contributed by atoms with E-state index in [1.807, 2.05) is 42.5 Å². The molecule has 0 aliphatic carbocycles. The summed E-state index contributed by atoms with van der Waals surface area (Å²) >= 11 is 1.53. The summed E-state index contributed by atoms with van der Waals surface area (Å²) in [6, 6.07) is 19.7. The molecule has 4 rings (SSSR count). The highest BCUT2D eigenvalue weighted by Gasteiger charge is 2.17. The van der Waals surface area contributed by atoms with Crippen LogP contribution >= 0.6 is 11.3 Å². The van der Waals surface area contributed by atoms with Gasteiger partial charge in [0.25, 0.3) is 0 Å². The summed E-state index contributed by atoms with van der Waals surface area (Å²) in [6.07, 6.45) is 1.71. The number of ether oxygens (including phenoxy) is 1. The quantitative estimate of drug-likeness (QED) is 0.577. The zero-order valence-corrected chi connectivity index (χ0v) is 13.9. The fourth-order valence-electron chi connectivity index (χ4n) is 2.84. The average Bonchev–Trinajstić information content (AvgIpc) is 3.03. The number of fused-ring (bicyclic) bond motifs is 1. The third-order valence-electron chi connectivity index (χ3n) is 4.01. The maximum Gasteiger partial charge on any atom is 0.199 e. The van der Waals surface area contributed by atoms with Crippen LogP contribution in [0.5, 0.6) is 5.75 Å². The molecule has 0 aliphatic rings. The Morgan fingerprint density at radius 2 is 1.67 bits per heavy atom. The van der Waals surface area contributed by atoms with Gasteiger partial charge in [-0.15, -0.1) is 11.3 Å². The summed E-state index contributed by atoms with van der Waals surface area (Å²) in [5, 5.41) is 0. The van der Waals surface area contributed by atoms with Gasteiger partial charge in [-0.2, -0.15) is 0 Å². The average molecular weight is 333 g/mol. The smallest absolute Gasteiger partial charge is 0.199 e. The van der Waals surface area contributed by atoms with Crippen molar-refractivity contribution in [3.05, 3.63) is 77.1 Å². The molecule has 0 amide bonds. The van der Waals surface area contributed by atoms with E-state index in [0.29, 0.717) is 0 Å². The van der Waals surface area contributed by atoms with Crippen LogP contribution in [0.1, 0.15) is 0 Å². The van der Waals surface area contributed by atoms with Crippen molar-refractivity contribution in [1.29, 1.82) is 0 Å². The zero-order chi connectivity index (χ0) is 16.5. The number of thiophene rings is 1. The second kappa shape index (κ2) is 5.98. The number of benzene rings is 2. The highest BCUT2D eigenvalue weighted by molar-refractivity contribution is 7.23. The van der Waals surface area contributed by atoms with Gasteiger partial charge in [-0.25, -0.2) is 0 Å². The Morgan fingerprint density at radius 1 is 0.917 bits per heavy atom. The first kappa shape index (κ1) is 14.7. The molecule has 2 aromatic heterocycles. The van der Waals surface area contributed by atoms with Crippen molar-refractivity contribution < 1.29 is 4.74 Å². The molecule has 4 aromatic rings. The predicted octanol–water partition coefficient (Wildman–Crippen LogP) is 4.93. The first-order valence-corrected chi connectivity index (χ1v) is 8.43. The molecule has 0 bridgehead atoms. The summed E-state index contributed by atoms with van der Waals surface area (Å²) in [5.74, 6) is 0.813. The first-order chi connectivity index (χ1) is 11.8. The van der Waals surface area contributed by atoms with E-state index in [4.69, 9.17) is 4.74 Å². The number of aromatic nitrogens is 1. The van der Waals surface area contributed by atoms with Crippen LogP contribution in [0.15, 0.2) is 71.7 Å². The van der Waals surface area contributed by atoms with Crippen LogP contribution in [0.2, 0.25) is 0 Å². The van der Waals surface area contributed by atoms with E-state index in [1.54, 1.807) is 19.4 Å². The van der Waals surface area contributed by atoms with Crippen LogP contribution < -0.4 is 10.2 Å².